The van der Waals surface area contributed by atoms with Gasteiger partial charge in [-0.25, -0.2) is 9.67 Å². The van der Waals surface area contributed by atoms with Gasteiger partial charge in [0.05, 0.1) is 30.9 Å². The summed E-state index contributed by atoms with van der Waals surface area (Å²) in [5, 5.41) is 21.4. The van der Waals surface area contributed by atoms with Gasteiger partial charge in [-0.2, -0.15) is 0 Å². The Morgan fingerprint density at radius 1 is 1.14 bits per heavy atom. The van der Waals surface area contributed by atoms with Gasteiger partial charge in [-0.15, -0.1) is 5.10 Å². The van der Waals surface area contributed by atoms with Gasteiger partial charge in [0.1, 0.15) is 5.82 Å². The van der Waals surface area contributed by atoms with Gasteiger partial charge in [-0.1, -0.05) is 35.5 Å². The number of anilines is 1. The monoisotopic (exact) mass is 499 g/mol. The predicted molar refractivity (Wildman–Crippen MR) is 138 cm³/mol. The molecule has 3 aromatic heterocycles. The molecule has 10 heteroatoms. The first-order chi connectivity index (χ1) is 17.7. The van der Waals surface area contributed by atoms with E-state index in [2.05, 4.69) is 20.6 Å². The molecule has 190 valence electrons. The summed E-state index contributed by atoms with van der Waals surface area (Å²) >= 11 is 0. The normalized spacial score (nSPS) is 14.9. The third kappa shape index (κ3) is 5.29. The van der Waals surface area contributed by atoms with Crippen molar-refractivity contribution in [2.75, 3.05) is 5.73 Å². The summed E-state index contributed by atoms with van der Waals surface area (Å²) in [7, 11) is 0. The third-order valence-electron chi connectivity index (χ3n) is 6.55. The lowest BCUT2D eigenvalue weighted by atomic mass is 10.0. The molecule has 0 saturated heterocycles. The van der Waals surface area contributed by atoms with Crippen LogP contribution in [0.5, 0.6) is 0 Å². The number of benzene rings is 1. The number of carbonyl (C=O) groups is 1. The van der Waals surface area contributed by atoms with Crippen LogP contribution in [0.3, 0.4) is 0 Å². The molecule has 1 aliphatic rings. The number of nitrogens with zero attached hydrogens (tertiary/aromatic N) is 5. The summed E-state index contributed by atoms with van der Waals surface area (Å²) in [6.45, 7) is 4.04. The molecule has 0 fully saturated rings. The van der Waals surface area contributed by atoms with E-state index in [1.165, 1.54) is 0 Å². The number of rotatable bonds is 7. The minimum absolute atomic E-state index is 0.120. The number of nitrogens with two attached hydrogens (primary N) is 1. The lowest BCUT2D eigenvalue weighted by Gasteiger charge is -2.18. The summed E-state index contributed by atoms with van der Waals surface area (Å²) in [4.78, 5) is 29.8. The van der Waals surface area contributed by atoms with Crippen LogP contribution in [-0.4, -0.2) is 35.6 Å². The smallest absolute Gasteiger partial charge is 0.273 e. The Hall–Kier alpha value is -4.31. The van der Waals surface area contributed by atoms with Gasteiger partial charge in [-0.3, -0.25) is 9.59 Å². The summed E-state index contributed by atoms with van der Waals surface area (Å²) < 4.78 is 3.20. The highest BCUT2D eigenvalue weighted by molar-refractivity contribution is 5.92. The van der Waals surface area contributed by atoms with Crippen LogP contribution in [0.25, 0.3) is 0 Å². The van der Waals surface area contributed by atoms with Crippen molar-refractivity contribution < 1.29 is 9.90 Å². The lowest BCUT2D eigenvalue weighted by Crippen LogP contribution is -2.31. The van der Waals surface area contributed by atoms with Crippen molar-refractivity contribution in [3.63, 3.8) is 0 Å². The average Bonchev–Trinajstić information content (AvgIpc) is 3.48. The first kappa shape index (κ1) is 24.4. The quantitative estimate of drug-likeness (QED) is 0.354. The molecule has 0 saturated carbocycles. The molecule has 10 nitrogen and oxygen atoms in total. The molecular formula is C27H29N7O3. The summed E-state index contributed by atoms with van der Waals surface area (Å²) in [6.07, 6.45) is 4.88. The van der Waals surface area contributed by atoms with Gasteiger partial charge < -0.3 is 20.7 Å². The van der Waals surface area contributed by atoms with Gasteiger partial charge in [-0.05, 0) is 61.6 Å². The van der Waals surface area contributed by atoms with Crippen molar-refractivity contribution in [2.24, 2.45) is 0 Å². The number of amides is 1. The van der Waals surface area contributed by atoms with E-state index in [0.29, 0.717) is 24.5 Å². The fourth-order valence-electron chi connectivity index (χ4n) is 4.61. The van der Waals surface area contributed by atoms with Crippen molar-refractivity contribution in [2.45, 2.75) is 51.4 Å². The minimum Gasteiger partial charge on any atom is -0.386 e. The Kier molecular flexibility index (Phi) is 6.34. The van der Waals surface area contributed by atoms with E-state index in [-0.39, 0.29) is 23.2 Å². The zero-order valence-corrected chi connectivity index (χ0v) is 20.8. The molecule has 1 atom stereocenters. The molecule has 0 bridgehead atoms. The first-order valence-electron chi connectivity index (χ1n) is 12.1. The van der Waals surface area contributed by atoms with E-state index in [4.69, 9.17) is 5.73 Å². The van der Waals surface area contributed by atoms with Crippen LogP contribution in [-0.2, 0) is 25.1 Å². The summed E-state index contributed by atoms with van der Waals surface area (Å²) in [6, 6.07) is 14.8. The molecule has 4 N–H and O–H groups in total. The topological polar surface area (TPSA) is 141 Å². The lowest BCUT2D eigenvalue weighted by molar-refractivity contribution is 0.0765. The highest BCUT2D eigenvalue weighted by atomic mass is 16.3. The molecule has 1 aliphatic carbocycles. The second-order valence-corrected chi connectivity index (χ2v) is 9.87. The van der Waals surface area contributed by atoms with Crippen LogP contribution in [0.1, 0.15) is 64.7 Å². The molecule has 0 spiro atoms. The summed E-state index contributed by atoms with van der Waals surface area (Å²) in [5.74, 6) is 0.200. The summed E-state index contributed by atoms with van der Waals surface area (Å²) in [5.41, 5.74) is 8.79. The van der Waals surface area contributed by atoms with Crippen molar-refractivity contribution in [3.05, 3.63) is 105 Å². The van der Waals surface area contributed by atoms with Crippen molar-refractivity contribution in [1.29, 1.82) is 0 Å². The second-order valence-electron chi connectivity index (χ2n) is 9.87. The number of hydrogen-bond acceptors (Lipinski definition) is 7. The maximum Gasteiger partial charge on any atom is 0.273 e. The zero-order valence-electron chi connectivity index (χ0n) is 20.8. The molecule has 5 rings (SSSR count). The number of aliphatic hydroxyl groups is 1. The number of nitrogens with one attached hydrogen (secondary N) is 1. The van der Waals surface area contributed by atoms with Gasteiger partial charge in [0.2, 0.25) is 0 Å². The number of aromatic nitrogens is 5. The number of aryl methyl sites for hydroxylation is 1. The number of pyridine rings is 2. The Bertz CT molecular complexity index is 1500. The standard InChI is InChI=1S/C27H29N7O3/c1-27(2,37)20-4-3-13-33(26(20)36)14-17-5-7-18(8-6-17)15-34-16-23(31-32-34)25(35)30-22-11-10-21-19(22)9-12-24(28)29-21/h3-9,12-13,16,22,37H,10-11,14-15H2,1-2H3,(H2,28,29)(H,30,35). The van der Waals surface area contributed by atoms with E-state index in [9.17, 15) is 14.7 Å². The average molecular weight is 500 g/mol. The predicted octanol–water partition coefficient (Wildman–Crippen LogP) is 2.16. The molecule has 37 heavy (non-hydrogen) atoms. The minimum atomic E-state index is -1.20. The van der Waals surface area contributed by atoms with E-state index in [1.807, 2.05) is 30.3 Å². The second kappa shape index (κ2) is 9.62. The van der Waals surface area contributed by atoms with Gasteiger partial charge in [0, 0.05) is 17.5 Å². The Morgan fingerprint density at radius 2 is 1.86 bits per heavy atom. The van der Waals surface area contributed by atoms with Crippen LogP contribution >= 0.6 is 0 Å². The van der Waals surface area contributed by atoms with Crippen molar-refractivity contribution in [3.8, 4) is 0 Å². The fourth-order valence-corrected chi connectivity index (χ4v) is 4.61. The van der Waals surface area contributed by atoms with E-state index < -0.39 is 5.60 Å². The third-order valence-corrected chi connectivity index (χ3v) is 6.55. The van der Waals surface area contributed by atoms with E-state index in [1.54, 1.807) is 53.7 Å². The van der Waals surface area contributed by atoms with Gasteiger partial charge >= 0.3 is 0 Å². The van der Waals surface area contributed by atoms with Crippen LogP contribution in [0.4, 0.5) is 5.82 Å². The van der Waals surface area contributed by atoms with E-state index >= 15 is 0 Å². The number of hydrogen-bond donors (Lipinski definition) is 3. The molecule has 0 radical (unpaired) electrons. The number of carbonyl (C=O) groups excluding carboxylic acids is 1. The molecule has 1 amide bonds. The first-order valence-corrected chi connectivity index (χ1v) is 12.1. The number of nitrogen functional groups attached to an aromatic ring is 1. The molecule has 3 heterocycles. The largest absolute Gasteiger partial charge is 0.386 e. The van der Waals surface area contributed by atoms with Crippen LogP contribution in [0.2, 0.25) is 0 Å². The SMILES string of the molecule is CC(C)(O)c1cccn(Cc2ccc(Cn3cc(C(=O)NC4CCc5nc(N)ccc54)nn3)cc2)c1=O. The Labute approximate surface area is 213 Å². The van der Waals surface area contributed by atoms with Crippen LogP contribution < -0.4 is 16.6 Å². The van der Waals surface area contributed by atoms with Crippen LogP contribution in [0, 0.1) is 0 Å². The number of fused-ring (bicyclic) bond motifs is 1. The molecule has 4 aromatic rings. The van der Waals surface area contributed by atoms with Crippen LogP contribution in [0.15, 0.2) is 65.7 Å². The fraction of sp³-hybridized carbons (Fsp3) is 0.296. The van der Waals surface area contributed by atoms with E-state index in [0.717, 1.165) is 35.2 Å². The highest BCUT2D eigenvalue weighted by Crippen LogP contribution is 2.30. The zero-order chi connectivity index (χ0) is 26.2. The van der Waals surface area contributed by atoms with Crippen molar-refractivity contribution in [1.82, 2.24) is 29.9 Å². The Morgan fingerprint density at radius 3 is 2.59 bits per heavy atom. The van der Waals surface area contributed by atoms with Gasteiger partial charge in [0.15, 0.2) is 5.69 Å². The maximum absolute atomic E-state index is 12.8. The molecule has 0 aliphatic heterocycles. The molecule has 1 unspecified atom stereocenters. The molecule has 1 aromatic carbocycles. The highest BCUT2D eigenvalue weighted by Gasteiger charge is 2.26. The van der Waals surface area contributed by atoms with Gasteiger partial charge in [0.25, 0.3) is 11.5 Å². The Balaban J connectivity index is 1.21. The van der Waals surface area contributed by atoms with Crippen molar-refractivity contribution >= 4 is 11.7 Å². The maximum atomic E-state index is 12.8. The molecular weight excluding hydrogens is 470 g/mol.